The lowest BCUT2D eigenvalue weighted by molar-refractivity contribution is -0.134. The van der Waals surface area contributed by atoms with Crippen molar-refractivity contribution in [3.8, 4) is 11.1 Å². The largest absolute Gasteiger partial charge is 0.352 e. The van der Waals surface area contributed by atoms with Gasteiger partial charge in [-0.05, 0) is 48.6 Å². The van der Waals surface area contributed by atoms with Gasteiger partial charge in [0.2, 0.25) is 5.91 Å². The highest BCUT2D eigenvalue weighted by atomic mass is 16.2. The third kappa shape index (κ3) is 5.08. The monoisotopic (exact) mass is 427 g/mol. The Morgan fingerprint density at radius 1 is 1.12 bits per heavy atom. The average Bonchev–Trinajstić information content (AvgIpc) is 2.84. The van der Waals surface area contributed by atoms with Crippen LogP contribution in [-0.2, 0) is 17.8 Å². The number of amides is 1. The molecule has 1 aromatic carbocycles. The van der Waals surface area contributed by atoms with E-state index < -0.39 is 5.41 Å². The van der Waals surface area contributed by atoms with Crippen LogP contribution in [0.4, 0.5) is 0 Å². The number of hydrogen-bond donors (Lipinski definition) is 1. The number of nitrogens with one attached hydrogen (secondary N) is 1. The molecule has 0 bridgehead atoms. The number of rotatable bonds is 8. The predicted molar refractivity (Wildman–Crippen MR) is 126 cm³/mol. The van der Waals surface area contributed by atoms with Crippen molar-refractivity contribution in [2.75, 3.05) is 19.6 Å². The number of carbonyl (C=O) groups is 1. The first-order valence-corrected chi connectivity index (χ1v) is 11.0. The Kier molecular flexibility index (Phi) is 7.02. The number of hydrogen-bond acceptors (Lipinski definition) is 5. The van der Waals surface area contributed by atoms with Gasteiger partial charge >= 0.3 is 0 Å². The molecule has 1 aliphatic rings. The van der Waals surface area contributed by atoms with E-state index in [0.29, 0.717) is 19.5 Å². The first kappa shape index (κ1) is 21.8. The Bertz CT molecular complexity index is 1040. The van der Waals surface area contributed by atoms with Gasteiger partial charge in [0.05, 0.1) is 5.41 Å². The van der Waals surface area contributed by atoms with Gasteiger partial charge in [0, 0.05) is 50.0 Å². The zero-order valence-corrected chi connectivity index (χ0v) is 18.3. The molecule has 1 atom stereocenters. The van der Waals surface area contributed by atoms with Gasteiger partial charge in [0.25, 0.3) is 0 Å². The number of benzene rings is 1. The number of pyridine rings is 1. The molecule has 2 aromatic heterocycles. The molecule has 1 amide bonds. The van der Waals surface area contributed by atoms with Crippen LogP contribution in [0.1, 0.15) is 24.0 Å². The van der Waals surface area contributed by atoms with Gasteiger partial charge in [-0.1, -0.05) is 36.4 Å². The molecule has 164 valence electrons. The van der Waals surface area contributed by atoms with Gasteiger partial charge < -0.3 is 5.32 Å². The zero-order chi connectivity index (χ0) is 22.2. The Balaban J connectivity index is 1.64. The van der Waals surface area contributed by atoms with E-state index in [1.165, 1.54) is 6.33 Å². The van der Waals surface area contributed by atoms with Crippen LogP contribution in [0.5, 0.6) is 0 Å². The lowest BCUT2D eigenvalue weighted by Crippen LogP contribution is -2.53. The van der Waals surface area contributed by atoms with Crippen LogP contribution in [0, 0.1) is 5.41 Å². The van der Waals surface area contributed by atoms with Crippen LogP contribution in [0.3, 0.4) is 0 Å². The van der Waals surface area contributed by atoms with Crippen LogP contribution in [-0.4, -0.2) is 45.4 Å². The SMILES string of the molecule is C=CCNC(=O)[C@]1(Cc2ccccc2-c2cncnc2)CCCN(Cc2cccnc2)C1. The minimum Gasteiger partial charge on any atom is -0.352 e. The van der Waals surface area contributed by atoms with E-state index in [1.54, 1.807) is 12.3 Å². The van der Waals surface area contributed by atoms with E-state index in [4.69, 9.17) is 0 Å². The Hall–Kier alpha value is -3.38. The Morgan fingerprint density at radius 2 is 1.97 bits per heavy atom. The number of nitrogens with zero attached hydrogens (tertiary/aromatic N) is 4. The second-order valence-corrected chi connectivity index (χ2v) is 8.42. The number of carbonyl (C=O) groups excluding carboxylic acids is 1. The van der Waals surface area contributed by atoms with E-state index in [0.717, 1.165) is 48.2 Å². The quantitative estimate of drug-likeness (QED) is 0.556. The zero-order valence-electron chi connectivity index (χ0n) is 18.3. The van der Waals surface area contributed by atoms with Crippen molar-refractivity contribution in [2.24, 2.45) is 5.41 Å². The highest BCUT2D eigenvalue weighted by Gasteiger charge is 2.42. The van der Waals surface area contributed by atoms with E-state index in [-0.39, 0.29) is 5.91 Å². The third-order valence-electron chi connectivity index (χ3n) is 6.09. The summed E-state index contributed by atoms with van der Waals surface area (Å²) in [7, 11) is 0. The Morgan fingerprint density at radius 3 is 2.75 bits per heavy atom. The van der Waals surface area contributed by atoms with Crippen LogP contribution in [0.25, 0.3) is 11.1 Å². The minimum atomic E-state index is -0.519. The average molecular weight is 428 g/mol. The molecule has 32 heavy (non-hydrogen) atoms. The minimum absolute atomic E-state index is 0.0902. The molecule has 3 heterocycles. The van der Waals surface area contributed by atoms with Crippen LogP contribution < -0.4 is 5.32 Å². The fourth-order valence-electron chi connectivity index (χ4n) is 4.63. The summed E-state index contributed by atoms with van der Waals surface area (Å²) in [6.45, 7) is 6.69. The molecule has 0 saturated carbocycles. The van der Waals surface area contributed by atoms with E-state index in [2.05, 4.69) is 49.9 Å². The van der Waals surface area contributed by atoms with Gasteiger partial charge in [0.15, 0.2) is 0 Å². The topological polar surface area (TPSA) is 71.0 Å². The second-order valence-electron chi connectivity index (χ2n) is 8.42. The van der Waals surface area contributed by atoms with Crippen molar-refractivity contribution in [1.29, 1.82) is 0 Å². The number of likely N-dealkylation sites (tertiary alicyclic amines) is 1. The van der Waals surface area contributed by atoms with Crippen molar-refractivity contribution < 1.29 is 4.79 Å². The normalized spacial score (nSPS) is 18.8. The number of aromatic nitrogens is 3. The van der Waals surface area contributed by atoms with Crippen molar-refractivity contribution >= 4 is 5.91 Å². The van der Waals surface area contributed by atoms with Crippen LogP contribution in [0.2, 0.25) is 0 Å². The molecule has 6 nitrogen and oxygen atoms in total. The summed E-state index contributed by atoms with van der Waals surface area (Å²) in [6, 6.07) is 12.3. The maximum atomic E-state index is 13.5. The van der Waals surface area contributed by atoms with Crippen molar-refractivity contribution in [1.82, 2.24) is 25.2 Å². The highest BCUT2D eigenvalue weighted by molar-refractivity contribution is 5.84. The van der Waals surface area contributed by atoms with Gasteiger partial charge in [-0.3, -0.25) is 14.7 Å². The van der Waals surface area contributed by atoms with Gasteiger partial charge in [-0.25, -0.2) is 9.97 Å². The molecule has 1 saturated heterocycles. The lowest BCUT2D eigenvalue weighted by Gasteiger charge is -2.42. The molecular weight excluding hydrogens is 398 g/mol. The molecule has 3 aromatic rings. The third-order valence-corrected chi connectivity index (χ3v) is 6.09. The summed E-state index contributed by atoms with van der Waals surface area (Å²) in [6.07, 6.45) is 13.1. The van der Waals surface area contributed by atoms with Crippen LogP contribution >= 0.6 is 0 Å². The standard InChI is InChI=1S/C26H29N5O/c1-2-11-30-25(32)26(10-6-13-31(19-26)18-21-7-5-12-27-15-21)14-22-8-3-4-9-24(22)23-16-28-20-29-17-23/h2-5,7-9,12,15-17,20H,1,6,10-11,13-14,18-19H2,(H,30,32)/t26-/m0/s1. The molecule has 0 unspecified atom stereocenters. The number of piperidine rings is 1. The summed E-state index contributed by atoms with van der Waals surface area (Å²) in [4.78, 5) is 28.5. The molecule has 0 spiro atoms. The van der Waals surface area contributed by atoms with Gasteiger partial charge in [0.1, 0.15) is 6.33 Å². The maximum Gasteiger partial charge on any atom is 0.228 e. The van der Waals surface area contributed by atoms with Gasteiger partial charge in [-0.15, -0.1) is 6.58 Å². The first-order chi connectivity index (χ1) is 15.7. The summed E-state index contributed by atoms with van der Waals surface area (Å²) in [5.41, 5.74) is 3.83. The first-order valence-electron chi connectivity index (χ1n) is 11.0. The van der Waals surface area contributed by atoms with Crippen molar-refractivity contribution in [3.63, 3.8) is 0 Å². The molecule has 1 fully saturated rings. The predicted octanol–water partition coefficient (Wildman–Crippen LogP) is 3.67. The summed E-state index contributed by atoms with van der Waals surface area (Å²) in [5.74, 6) is 0.0902. The molecule has 0 radical (unpaired) electrons. The summed E-state index contributed by atoms with van der Waals surface area (Å²) < 4.78 is 0. The molecule has 4 rings (SSSR count). The molecule has 1 aliphatic heterocycles. The fraction of sp³-hybridized carbons (Fsp3) is 0.308. The highest BCUT2D eigenvalue weighted by Crippen LogP contribution is 2.37. The van der Waals surface area contributed by atoms with E-state index in [1.807, 2.05) is 36.8 Å². The smallest absolute Gasteiger partial charge is 0.228 e. The summed E-state index contributed by atoms with van der Waals surface area (Å²) in [5, 5.41) is 3.09. The molecule has 0 aliphatic carbocycles. The Labute approximate surface area is 189 Å². The van der Waals surface area contributed by atoms with E-state index in [9.17, 15) is 4.79 Å². The maximum absolute atomic E-state index is 13.5. The van der Waals surface area contributed by atoms with Crippen LogP contribution in [0.15, 0.2) is 80.2 Å². The fourth-order valence-corrected chi connectivity index (χ4v) is 4.63. The molecule has 1 N–H and O–H groups in total. The van der Waals surface area contributed by atoms with Gasteiger partial charge in [-0.2, -0.15) is 0 Å². The van der Waals surface area contributed by atoms with Crippen molar-refractivity contribution in [3.05, 3.63) is 91.3 Å². The lowest BCUT2D eigenvalue weighted by atomic mass is 9.73. The molecular formula is C26H29N5O. The van der Waals surface area contributed by atoms with Crippen molar-refractivity contribution in [2.45, 2.75) is 25.8 Å². The summed E-state index contributed by atoms with van der Waals surface area (Å²) >= 11 is 0. The van der Waals surface area contributed by atoms with E-state index >= 15 is 0 Å². The molecule has 6 heteroatoms. The second kappa shape index (κ2) is 10.3.